The number of carbonyl (C=O) groups excluding carboxylic acids is 1. The van der Waals surface area contributed by atoms with E-state index < -0.39 is 38.1 Å². The number of methoxy groups -OCH3 is 3. The first-order chi connectivity index (χ1) is 16.2. The number of rotatable bonds is 10. The van der Waals surface area contributed by atoms with Crippen molar-refractivity contribution < 1.29 is 36.8 Å². The number of hydrogen-bond donors (Lipinski definition) is 1. The third-order valence-corrected chi connectivity index (χ3v) is 7.09. The molecule has 2 aromatic carbocycles. The molecule has 1 amide bonds. The van der Waals surface area contributed by atoms with Crippen molar-refractivity contribution in [2.45, 2.75) is 10.1 Å². The maximum atomic E-state index is 13.3. The zero-order valence-electron chi connectivity index (χ0n) is 18.5. The minimum atomic E-state index is -4.02. The van der Waals surface area contributed by atoms with Gasteiger partial charge in [0.1, 0.15) is 22.3 Å². The highest BCUT2D eigenvalue weighted by molar-refractivity contribution is 7.91. The van der Waals surface area contributed by atoms with Gasteiger partial charge in [-0.2, -0.15) is 0 Å². The molecule has 0 saturated heterocycles. The van der Waals surface area contributed by atoms with Crippen molar-refractivity contribution >= 4 is 21.4 Å². The van der Waals surface area contributed by atoms with Gasteiger partial charge in [0.05, 0.1) is 43.5 Å². The number of nitro benzene ring substituents is 1. The molecule has 3 rings (SSSR count). The van der Waals surface area contributed by atoms with E-state index in [9.17, 15) is 23.3 Å². The van der Waals surface area contributed by atoms with Gasteiger partial charge in [0.25, 0.3) is 11.6 Å². The van der Waals surface area contributed by atoms with Gasteiger partial charge in [-0.15, -0.1) is 0 Å². The summed E-state index contributed by atoms with van der Waals surface area (Å²) in [6.45, 7) is -0.411. The van der Waals surface area contributed by atoms with Crippen LogP contribution in [0.3, 0.4) is 0 Å². The zero-order valence-corrected chi connectivity index (χ0v) is 19.3. The van der Waals surface area contributed by atoms with Gasteiger partial charge in [-0.05, 0) is 36.4 Å². The number of amides is 1. The first kappa shape index (κ1) is 24.6. The van der Waals surface area contributed by atoms with Crippen molar-refractivity contribution in [3.63, 3.8) is 0 Å². The minimum Gasteiger partial charge on any atom is -0.497 e. The SMILES string of the molecule is COc1ccc(S(=O)(=O)[C@H](CNC(=O)c2cc(OC)c(OC)cc2[N+](=O)[O-])c2ccco2)cc1. The van der Waals surface area contributed by atoms with E-state index in [1.165, 1.54) is 64.0 Å². The summed E-state index contributed by atoms with van der Waals surface area (Å²) >= 11 is 0. The number of benzene rings is 2. The van der Waals surface area contributed by atoms with E-state index >= 15 is 0 Å². The molecule has 3 aromatic rings. The maximum absolute atomic E-state index is 13.3. The van der Waals surface area contributed by atoms with Gasteiger partial charge < -0.3 is 23.9 Å². The molecule has 11 nitrogen and oxygen atoms in total. The molecule has 12 heteroatoms. The van der Waals surface area contributed by atoms with Gasteiger partial charge in [0.15, 0.2) is 21.3 Å². The maximum Gasteiger partial charge on any atom is 0.286 e. The molecule has 0 aliphatic carbocycles. The van der Waals surface area contributed by atoms with Crippen LogP contribution in [0.5, 0.6) is 17.2 Å². The highest BCUT2D eigenvalue weighted by Gasteiger charge is 2.33. The Bertz CT molecular complexity index is 1270. The van der Waals surface area contributed by atoms with Crippen LogP contribution in [0.1, 0.15) is 21.4 Å². The Morgan fingerprint density at radius 2 is 1.71 bits per heavy atom. The van der Waals surface area contributed by atoms with Crippen molar-refractivity contribution in [2.24, 2.45) is 0 Å². The highest BCUT2D eigenvalue weighted by Crippen LogP contribution is 2.35. The molecule has 0 bridgehead atoms. The third-order valence-electron chi connectivity index (χ3n) is 5.01. The summed E-state index contributed by atoms with van der Waals surface area (Å²) in [5.74, 6) is -0.123. The minimum absolute atomic E-state index is 0.0129. The number of nitrogens with one attached hydrogen (secondary N) is 1. The Kier molecular flexibility index (Phi) is 7.41. The lowest BCUT2D eigenvalue weighted by molar-refractivity contribution is -0.385. The molecule has 0 saturated carbocycles. The van der Waals surface area contributed by atoms with E-state index in [1.807, 2.05) is 0 Å². The van der Waals surface area contributed by atoms with Crippen LogP contribution in [-0.4, -0.2) is 47.1 Å². The quantitative estimate of drug-likeness (QED) is 0.334. The summed E-state index contributed by atoms with van der Waals surface area (Å²) in [6, 6.07) is 11.0. The number of nitro groups is 1. The molecule has 0 fully saturated rings. The summed E-state index contributed by atoms with van der Waals surface area (Å²) in [7, 11) is 0.0610. The molecular formula is C22H22N2O9S. The van der Waals surface area contributed by atoms with Crippen molar-refractivity contribution in [3.8, 4) is 17.2 Å². The summed E-state index contributed by atoms with van der Waals surface area (Å²) in [6.07, 6.45) is 1.31. The molecule has 0 aliphatic rings. The number of hydrogen-bond acceptors (Lipinski definition) is 9. The molecule has 1 N–H and O–H groups in total. The Hall–Kier alpha value is -4.06. The first-order valence-electron chi connectivity index (χ1n) is 9.82. The summed E-state index contributed by atoms with van der Waals surface area (Å²) < 4.78 is 47.2. The number of nitrogens with zero attached hydrogens (tertiary/aromatic N) is 1. The van der Waals surface area contributed by atoms with Crippen molar-refractivity contribution in [1.29, 1.82) is 0 Å². The number of furan rings is 1. The second-order valence-electron chi connectivity index (χ2n) is 6.92. The van der Waals surface area contributed by atoms with E-state index in [2.05, 4.69) is 5.32 Å². The van der Waals surface area contributed by atoms with Crippen LogP contribution in [0.2, 0.25) is 0 Å². The fourth-order valence-electron chi connectivity index (χ4n) is 3.25. The second kappa shape index (κ2) is 10.3. The van der Waals surface area contributed by atoms with E-state index in [-0.39, 0.29) is 27.7 Å². The van der Waals surface area contributed by atoms with Gasteiger partial charge in [-0.1, -0.05) is 0 Å². The van der Waals surface area contributed by atoms with Crippen molar-refractivity contribution in [1.82, 2.24) is 5.32 Å². The largest absolute Gasteiger partial charge is 0.497 e. The Balaban J connectivity index is 1.94. The van der Waals surface area contributed by atoms with Gasteiger partial charge >= 0.3 is 0 Å². The standard InChI is InChI=1S/C22H22N2O9S/c1-30-14-6-8-15(9-7-14)34(28,29)21(18-5-4-10-33-18)13-23-22(25)16-11-19(31-2)20(32-3)12-17(16)24(26)27/h4-12,21H,13H2,1-3H3,(H,23,25)/t21-/m1/s1. The van der Waals surface area contributed by atoms with E-state index in [0.29, 0.717) is 5.75 Å². The molecule has 0 unspecified atom stereocenters. The Morgan fingerprint density at radius 3 is 2.24 bits per heavy atom. The lowest BCUT2D eigenvalue weighted by Crippen LogP contribution is -2.32. The smallest absolute Gasteiger partial charge is 0.286 e. The van der Waals surface area contributed by atoms with E-state index in [0.717, 1.165) is 12.1 Å². The fraction of sp³-hybridized carbons (Fsp3) is 0.227. The molecular weight excluding hydrogens is 468 g/mol. The van der Waals surface area contributed by atoms with Crippen molar-refractivity contribution in [3.05, 3.63) is 76.2 Å². The Morgan fingerprint density at radius 1 is 1.06 bits per heavy atom. The van der Waals surface area contributed by atoms with Gasteiger partial charge in [-0.3, -0.25) is 14.9 Å². The van der Waals surface area contributed by atoms with E-state index in [4.69, 9.17) is 18.6 Å². The monoisotopic (exact) mass is 490 g/mol. The molecule has 180 valence electrons. The van der Waals surface area contributed by atoms with Gasteiger partial charge in [0, 0.05) is 12.6 Å². The summed E-state index contributed by atoms with van der Waals surface area (Å²) in [5, 5.41) is 12.7. The van der Waals surface area contributed by atoms with Crippen LogP contribution >= 0.6 is 0 Å². The van der Waals surface area contributed by atoms with Crippen LogP contribution < -0.4 is 19.5 Å². The summed E-state index contributed by atoms with van der Waals surface area (Å²) in [5.41, 5.74) is -0.842. The molecule has 0 radical (unpaired) electrons. The van der Waals surface area contributed by atoms with Crippen LogP contribution in [0.4, 0.5) is 5.69 Å². The van der Waals surface area contributed by atoms with Crippen LogP contribution in [0.15, 0.2) is 64.1 Å². The average Bonchev–Trinajstić information content (AvgIpc) is 3.37. The first-order valence-corrected chi connectivity index (χ1v) is 11.4. The summed E-state index contributed by atoms with van der Waals surface area (Å²) in [4.78, 5) is 23.7. The molecule has 34 heavy (non-hydrogen) atoms. The molecule has 0 aliphatic heterocycles. The van der Waals surface area contributed by atoms with Crippen LogP contribution in [0.25, 0.3) is 0 Å². The predicted octanol–water partition coefficient (Wildman–Crippen LogP) is 3.16. The van der Waals surface area contributed by atoms with Gasteiger partial charge in [0.2, 0.25) is 0 Å². The topological polar surface area (TPSA) is 147 Å². The fourth-order valence-corrected chi connectivity index (χ4v) is 4.84. The molecule has 1 atom stereocenters. The number of carbonyl (C=O) groups is 1. The molecule has 0 spiro atoms. The highest BCUT2D eigenvalue weighted by atomic mass is 32.2. The lowest BCUT2D eigenvalue weighted by Gasteiger charge is -2.17. The lowest BCUT2D eigenvalue weighted by atomic mass is 10.1. The zero-order chi connectivity index (χ0) is 24.9. The van der Waals surface area contributed by atoms with Crippen LogP contribution in [0, 0.1) is 10.1 Å². The predicted molar refractivity (Wildman–Crippen MR) is 120 cm³/mol. The average molecular weight is 490 g/mol. The molecule has 1 aromatic heterocycles. The Labute approximate surface area is 195 Å². The normalized spacial score (nSPS) is 12.0. The van der Waals surface area contributed by atoms with E-state index in [1.54, 1.807) is 0 Å². The van der Waals surface area contributed by atoms with Crippen LogP contribution in [-0.2, 0) is 9.84 Å². The molecule has 1 heterocycles. The number of ether oxygens (including phenoxy) is 3. The van der Waals surface area contributed by atoms with Gasteiger partial charge in [-0.25, -0.2) is 8.42 Å². The third kappa shape index (κ3) is 4.96. The number of sulfone groups is 1. The van der Waals surface area contributed by atoms with Crippen molar-refractivity contribution in [2.75, 3.05) is 27.9 Å². The second-order valence-corrected chi connectivity index (χ2v) is 9.05.